The lowest BCUT2D eigenvalue weighted by Crippen LogP contribution is -2.04. The van der Waals surface area contributed by atoms with Crippen molar-refractivity contribution >= 4 is 11.3 Å². The summed E-state index contributed by atoms with van der Waals surface area (Å²) in [5.41, 5.74) is 8.72. The van der Waals surface area contributed by atoms with Gasteiger partial charge in [0.15, 0.2) is 0 Å². The minimum atomic E-state index is -0.670. The number of hydrogen-bond acceptors (Lipinski definition) is 3. The molecule has 2 N–H and O–H groups in total. The second-order valence-electron chi connectivity index (χ2n) is 7.67. The predicted molar refractivity (Wildman–Crippen MR) is 114 cm³/mol. The molecule has 27 heavy (non-hydrogen) atoms. The van der Waals surface area contributed by atoms with Crippen molar-refractivity contribution in [2.45, 2.75) is 53.8 Å². The van der Waals surface area contributed by atoms with Crippen LogP contribution >= 0.6 is 11.3 Å². The van der Waals surface area contributed by atoms with Crippen LogP contribution in [0, 0.1) is 41.5 Å². The average molecular weight is 381 g/mol. The Morgan fingerprint density at radius 3 is 1.19 bits per heavy atom. The molecule has 0 saturated carbocycles. The summed E-state index contributed by atoms with van der Waals surface area (Å²) >= 11 is 1.48. The molecule has 0 aliphatic heterocycles. The Hall–Kier alpha value is -1.94. The van der Waals surface area contributed by atoms with Gasteiger partial charge in [0.1, 0.15) is 12.2 Å². The molecule has 2 unspecified atom stereocenters. The van der Waals surface area contributed by atoms with E-state index in [1.54, 1.807) is 0 Å². The molecule has 2 nitrogen and oxygen atoms in total. The van der Waals surface area contributed by atoms with Crippen LogP contribution in [-0.4, -0.2) is 10.2 Å². The smallest absolute Gasteiger partial charge is 0.114 e. The second-order valence-corrected chi connectivity index (χ2v) is 8.82. The quantitative estimate of drug-likeness (QED) is 0.604. The molecule has 0 aliphatic rings. The molecule has 1 aromatic heterocycles. The van der Waals surface area contributed by atoms with E-state index < -0.39 is 12.2 Å². The maximum atomic E-state index is 11.0. The van der Waals surface area contributed by atoms with Gasteiger partial charge in [-0.2, -0.15) is 0 Å². The van der Waals surface area contributed by atoms with E-state index in [0.717, 1.165) is 43.1 Å². The highest BCUT2D eigenvalue weighted by atomic mass is 32.1. The fourth-order valence-corrected chi connectivity index (χ4v) is 5.20. The summed E-state index contributed by atoms with van der Waals surface area (Å²) < 4.78 is 0. The first-order valence-electron chi connectivity index (χ1n) is 9.30. The van der Waals surface area contributed by atoms with Crippen molar-refractivity contribution in [1.29, 1.82) is 0 Å². The highest BCUT2D eigenvalue weighted by molar-refractivity contribution is 7.12. The van der Waals surface area contributed by atoms with Gasteiger partial charge in [-0.1, -0.05) is 35.4 Å². The maximum absolute atomic E-state index is 11.0. The molecular weight excluding hydrogens is 352 g/mol. The number of aryl methyl sites for hydroxylation is 6. The molecular formula is C24H28O2S. The van der Waals surface area contributed by atoms with Gasteiger partial charge in [0.05, 0.1) is 0 Å². The highest BCUT2D eigenvalue weighted by Crippen LogP contribution is 2.37. The van der Waals surface area contributed by atoms with Crippen LogP contribution in [0.2, 0.25) is 0 Å². The molecule has 0 aliphatic carbocycles. The Morgan fingerprint density at radius 1 is 0.593 bits per heavy atom. The lowest BCUT2D eigenvalue weighted by Gasteiger charge is -2.18. The number of aliphatic hydroxyl groups excluding tert-OH is 2. The summed E-state index contributed by atoms with van der Waals surface area (Å²) in [5, 5.41) is 22.0. The summed E-state index contributed by atoms with van der Waals surface area (Å²) in [5.74, 6) is 0. The lowest BCUT2D eigenvalue weighted by atomic mass is 9.94. The maximum Gasteiger partial charge on any atom is 0.114 e. The van der Waals surface area contributed by atoms with Crippen molar-refractivity contribution in [3.8, 4) is 0 Å². The largest absolute Gasteiger partial charge is 0.383 e. The molecule has 0 spiro atoms. The Morgan fingerprint density at radius 2 is 0.889 bits per heavy atom. The summed E-state index contributed by atoms with van der Waals surface area (Å²) in [7, 11) is 0. The molecule has 1 heterocycles. The van der Waals surface area contributed by atoms with Crippen LogP contribution in [0.5, 0.6) is 0 Å². The van der Waals surface area contributed by atoms with Gasteiger partial charge in [0.25, 0.3) is 0 Å². The van der Waals surface area contributed by atoms with Crippen LogP contribution in [0.1, 0.15) is 66.5 Å². The summed E-state index contributed by atoms with van der Waals surface area (Å²) in [6.07, 6.45) is -1.34. The third-order valence-corrected chi connectivity index (χ3v) is 6.40. The number of aliphatic hydroxyl groups is 2. The SMILES string of the molecule is Cc1cc(C)c(C(O)c2ccc(C(O)c3c(C)cc(C)cc3C)s2)c(C)c1. The van der Waals surface area contributed by atoms with Crippen molar-refractivity contribution in [2.75, 3.05) is 0 Å². The van der Waals surface area contributed by atoms with Crippen LogP contribution in [0.15, 0.2) is 36.4 Å². The van der Waals surface area contributed by atoms with Crippen LogP contribution < -0.4 is 0 Å². The number of benzene rings is 2. The van der Waals surface area contributed by atoms with Gasteiger partial charge in [-0.25, -0.2) is 0 Å². The third-order valence-electron chi connectivity index (χ3n) is 5.21. The minimum absolute atomic E-state index is 0.670. The monoisotopic (exact) mass is 380 g/mol. The minimum Gasteiger partial charge on any atom is -0.383 e. The van der Waals surface area contributed by atoms with Crippen LogP contribution in [0.25, 0.3) is 0 Å². The van der Waals surface area contributed by atoms with Gasteiger partial charge in [-0.05, 0) is 87.1 Å². The Balaban J connectivity index is 1.96. The van der Waals surface area contributed by atoms with Crippen LogP contribution in [0.4, 0.5) is 0 Å². The molecule has 0 saturated heterocycles. The Kier molecular flexibility index (Phi) is 5.57. The topological polar surface area (TPSA) is 40.5 Å². The van der Waals surface area contributed by atoms with Crippen molar-refractivity contribution in [3.63, 3.8) is 0 Å². The zero-order valence-corrected chi connectivity index (χ0v) is 17.7. The van der Waals surface area contributed by atoms with Crippen molar-refractivity contribution in [3.05, 3.63) is 90.7 Å². The zero-order chi connectivity index (χ0) is 19.9. The van der Waals surface area contributed by atoms with Gasteiger partial charge in [0.2, 0.25) is 0 Å². The van der Waals surface area contributed by atoms with Crippen molar-refractivity contribution in [1.82, 2.24) is 0 Å². The third kappa shape index (κ3) is 3.86. The van der Waals surface area contributed by atoms with Crippen LogP contribution in [0.3, 0.4) is 0 Å². The van der Waals surface area contributed by atoms with E-state index in [2.05, 4.69) is 38.1 Å². The first kappa shape index (κ1) is 19.8. The van der Waals surface area contributed by atoms with E-state index in [1.807, 2.05) is 39.8 Å². The summed E-state index contributed by atoms with van der Waals surface area (Å²) in [6.45, 7) is 12.3. The summed E-state index contributed by atoms with van der Waals surface area (Å²) in [4.78, 5) is 1.73. The molecule has 142 valence electrons. The molecule has 2 aromatic carbocycles. The van der Waals surface area contributed by atoms with E-state index in [1.165, 1.54) is 22.5 Å². The predicted octanol–water partition coefficient (Wildman–Crippen LogP) is 5.76. The fourth-order valence-electron chi connectivity index (χ4n) is 4.19. The fraction of sp³-hybridized carbons (Fsp3) is 0.333. The molecule has 2 atom stereocenters. The van der Waals surface area contributed by atoms with E-state index in [-0.39, 0.29) is 0 Å². The number of hydrogen-bond donors (Lipinski definition) is 2. The van der Waals surface area contributed by atoms with Gasteiger partial charge in [-0.15, -0.1) is 11.3 Å². The number of rotatable bonds is 4. The lowest BCUT2D eigenvalue weighted by molar-refractivity contribution is 0.221. The van der Waals surface area contributed by atoms with Crippen molar-refractivity contribution in [2.24, 2.45) is 0 Å². The molecule has 3 heteroatoms. The molecule has 0 bridgehead atoms. The van der Waals surface area contributed by atoms with E-state index in [0.29, 0.717) is 0 Å². The first-order valence-corrected chi connectivity index (χ1v) is 10.1. The molecule has 3 aromatic rings. The van der Waals surface area contributed by atoms with Gasteiger partial charge in [-0.3, -0.25) is 0 Å². The standard InChI is InChI=1S/C24H28O2S/c1-13-9-15(3)21(16(4)10-13)23(25)19-7-8-20(27-19)24(26)22-17(5)11-14(2)12-18(22)6/h7-12,23-26H,1-6H3. The summed E-state index contributed by atoms with van der Waals surface area (Å²) in [6, 6.07) is 12.3. The number of thiophene rings is 1. The molecule has 0 radical (unpaired) electrons. The molecule has 3 rings (SSSR count). The van der Waals surface area contributed by atoms with Crippen LogP contribution in [-0.2, 0) is 0 Å². The van der Waals surface area contributed by atoms with E-state index in [4.69, 9.17) is 0 Å². The highest BCUT2D eigenvalue weighted by Gasteiger charge is 2.22. The van der Waals surface area contributed by atoms with Gasteiger partial charge in [0, 0.05) is 9.75 Å². The van der Waals surface area contributed by atoms with Gasteiger partial charge < -0.3 is 10.2 Å². The first-order chi connectivity index (χ1) is 12.7. The normalized spacial score (nSPS) is 13.6. The van der Waals surface area contributed by atoms with Crippen molar-refractivity contribution < 1.29 is 10.2 Å². The average Bonchev–Trinajstić information content (AvgIpc) is 3.02. The Labute approximate surface area is 166 Å². The molecule has 0 amide bonds. The zero-order valence-electron chi connectivity index (χ0n) is 16.9. The molecule has 0 fully saturated rings. The Bertz CT molecular complexity index is 860. The van der Waals surface area contributed by atoms with Gasteiger partial charge >= 0.3 is 0 Å². The van der Waals surface area contributed by atoms with E-state index in [9.17, 15) is 10.2 Å². The van der Waals surface area contributed by atoms with E-state index >= 15 is 0 Å². The second kappa shape index (κ2) is 7.59.